The standard InChI is InChI=1S/C21H31NS2/c1-5-17-12-21(17)24(3,4)15-16(2)14-23-20-9-7-6-8-18(20)13-22-19-10-11-19/h5,7,9-10,18,20-22H,2,6,8,11-14H2,1,3-4H3/b17-5-/t18?,20-,21?/m0/s1. The molecule has 0 saturated heterocycles. The Balaban J connectivity index is 1.54. The molecule has 1 N–H and O–H groups in total. The second-order valence-electron chi connectivity index (χ2n) is 7.52. The summed E-state index contributed by atoms with van der Waals surface area (Å²) in [6.07, 6.45) is 19.1. The van der Waals surface area contributed by atoms with Gasteiger partial charge in [-0.1, -0.05) is 41.6 Å². The zero-order valence-electron chi connectivity index (χ0n) is 15.3. The molecule has 3 atom stereocenters. The van der Waals surface area contributed by atoms with Crippen LogP contribution in [0.2, 0.25) is 0 Å². The summed E-state index contributed by atoms with van der Waals surface area (Å²) in [5.41, 5.74) is 4.27. The summed E-state index contributed by atoms with van der Waals surface area (Å²) in [5, 5.41) is 8.75. The van der Waals surface area contributed by atoms with Crippen LogP contribution in [0.4, 0.5) is 0 Å². The van der Waals surface area contributed by atoms with Gasteiger partial charge in [0.1, 0.15) is 0 Å². The Labute approximate surface area is 153 Å². The van der Waals surface area contributed by atoms with E-state index in [0.717, 1.165) is 23.5 Å². The first-order chi connectivity index (χ1) is 11.5. The maximum atomic E-state index is 4.32. The molecule has 1 nitrogen and oxygen atoms in total. The zero-order valence-corrected chi connectivity index (χ0v) is 16.9. The molecule has 0 aromatic carbocycles. The fourth-order valence-corrected chi connectivity index (χ4v) is 7.19. The monoisotopic (exact) mass is 361 g/mol. The van der Waals surface area contributed by atoms with Gasteiger partial charge in [-0.25, -0.2) is 0 Å². The lowest BCUT2D eigenvalue weighted by Gasteiger charge is -2.27. The summed E-state index contributed by atoms with van der Waals surface area (Å²) < 4.78 is 0. The highest BCUT2D eigenvalue weighted by atomic mass is 32.2. The van der Waals surface area contributed by atoms with Crippen molar-refractivity contribution in [3.05, 3.63) is 47.7 Å². The number of nitrogens with one attached hydrogen (secondary N) is 1. The molecule has 3 aliphatic rings. The summed E-state index contributed by atoms with van der Waals surface area (Å²) in [6, 6.07) is 0. The third-order valence-corrected chi connectivity index (χ3v) is 9.26. The molecule has 1 saturated carbocycles. The van der Waals surface area contributed by atoms with Crippen LogP contribution in [0.25, 0.3) is 0 Å². The molecule has 3 heteroatoms. The average Bonchev–Trinajstić information content (AvgIpc) is 3.45. The summed E-state index contributed by atoms with van der Waals surface area (Å²) in [5.74, 6) is 1.76. The minimum atomic E-state index is -0.796. The molecule has 3 rings (SSSR count). The fraction of sp³-hybridized carbons (Fsp3) is 0.571. The second-order valence-corrected chi connectivity index (χ2v) is 12.3. The highest BCUT2D eigenvalue weighted by molar-refractivity contribution is 8.24. The molecule has 0 heterocycles. The van der Waals surface area contributed by atoms with Crippen molar-refractivity contribution in [2.75, 3.05) is 24.8 Å². The Morgan fingerprint density at radius 2 is 2.29 bits per heavy atom. The minimum absolute atomic E-state index is 0.620. The molecule has 0 radical (unpaired) electrons. The van der Waals surface area contributed by atoms with E-state index in [-0.39, 0.29) is 0 Å². The van der Waals surface area contributed by atoms with Gasteiger partial charge in [0, 0.05) is 40.5 Å². The highest BCUT2D eigenvalue weighted by Gasteiger charge is 2.33. The zero-order chi connectivity index (χ0) is 17.2. The van der Waals surface area contributed by atoms with Crippen LogP contribution in [0.1, 0.15) is 32.6 Å². The molecule has 0 aromatic rings. The number of hydrogen-bond acceptors (Lipinski definition) is 2. The van der Waals surface area contributed by atoms with E-state index in [1.807, 2.05) is 0 Å². The van der Waals surface area contributed by atoms with Crippen LogP contribution in [0.3, 0.4) is 0 Å². The van der Waals surface area contributed by atoms with Gasteiger partial charge in [0.15, 0.2) is 0 Å². The third kappa shape index (κ3) is 4.88. The van der Waals surface area contributed by atoms with E-state index < -0.39 is 9.44 Å². The lowest BCUT2D eigenvalue weighted by molar-refractivity contribution is 0.472. The van der Waals surface area contributed by atoms with Gasteiger partial charge in [0.05, 0.1) is 0 Å². The van der Waals surface area contributed by atoms with Gasteiger partial charge in [0.25, 0.3) is 0 Å². The molecule has 0 amide bonds. The largest absolute Gasteiger partial charge is 0.388 e. The van der Waals surface area contributed by atoms with E-state index in [1.54, 1.807) is 5.57 Å². The van der Waals surface area contributed by atoms with Gasteiger partial charge in [-0.05, 0) is 44.6 Å². The van der Waals surface area contributed by atoms with Crippen molar-refractivity contribution >= 4 is 21.2 Å². The molecule has 0 aliphatic heterocycles. The molecule has 0 spiro atoms. The quantitative estimate of drug-likeness (QED) is 0.650. The summed E-state index contributed by atoms with van der Waals surface area (Å²) in [7, 11) is -0.796. The molecular formula is C21H31NS2. The Kier molecular flexibility index (Phi) is 5.74. The van der Waals surface area contributed by atoms with E-state index in [9.17, 15) is 0 Å². The maximum absolute atomic E-state index is 4.32. The van der Waals surface area contributed by atoms with Gasteiger partial charge in [-0.2, -0.15) is 9.44 Å². The van der Waals surface area contributed by atoms with E-state index in [2.05, 4.69) is 72.6 Å². The van der Waals surface area contributed by atoms with Crippen LogP contribution in [-0.4, -0.2) is 35.3 Å². The highest BCUT2D eigenvalue weighted by Crippen LogP contribution is 2.51. The topological polar surface area (TPSA) is 12.0 Å². The number of allylic oxidation sites excluding steroid dienone is 4. The Bertz CT molecular complexity index is 702. The van der Waals surface area contributed by atoms with E-state index in [1.165, 1.54) is 37.0 Å². The van der Waals surface area contributed by atoms with Crippen molar-refractivity contribution in [3.63, 3.8) is 0 Å². The molecule has 3 aliphatic carbocycles. The Morgan fingerprint density at radius 1 is 1.50 bits per heavy atom. The van der Waals surface area contributed by atoms with Gasteiger partial charge in [0.2, 0.25) is 0 Å². The SMILES string of the molecule is C=C(C#S(C)(C)C1C/C1=C/C)CS[C@H]1C=CCCC1CNC1=CC1. The Morgan fingerprint density at radius 3 is 2.96 bits per heavy atom. The molecule has 0 aromatic heterocycles. The predicted octanol–water partition coefficient (Wildman–Crippen LogP) is 5.23. The molecule has 2 unspecified atom stereocenters. The fourth-order valence-electron chi connectivity index (χ4n) is 3.44. The average molecular weight is 362 g/mol. The van der Waals surface area contributed by atoms with Crippen molar-refractivity contribution in [2.24, 2.45) is 5.92 Å². The summed E-state index contributed by atoms with van der Waals surface area (Å²) in [6.45, 7) is 7.60. The van der Waals surface area contributed by atoms with Crippen molar-refractivity contribution < 1.29 is 0 Å². The maximum Gasteiger partial charge on any atom is 0.0275 e. The summed E-state index contributed by atoms with van der Waals surface area (Å²) in [4.78, 5) is 0. The van der Waals surface area contributed by atoms with Crippen molar-refractivity contribution in [1.29, 1.82) is 0 Å². The van der Waals surface area contributed by atoms with E-state index >= 15 is 0 Å². The lowest BCUT2D eigenvalue weighted by Crippen LogP contribution is -2.29. The third-order valence-electron chi connectivity index (χ3n) is 5.11. The first-order valence-corrected chi connectivity index (χ1v) is 12.6. The van der Waals surface area contributed by atoms with E-state index in [4.69, 9.17) is 0 Å². The van der Waals surface area contributed by atoms with Crippen molar-refractivity contribution in [1.82, 2.24) is 5.32 Å². The van der Waals surface area contributed by atoms with Crippen molar-refractivity contribution in [3.8, 4) is 5.18 Å². The van der Waals surface area contributed by atoms with Crippen molar-refractivity contribution in [2.45, 2.75) is 43.1 Å². The number of hydrogen-bond donors (Lipinski definition) is 1. The minimum Gasteiger partial charge on any atom is -0.388 e. The van der Waals surface area contributed by atoms with Gasteiger partial charge < -0.3 is 5.32 Å². The van der Waals surface area contributed by atoms with Crippen LogP contribution in [-0.2, 0) is 0 Å². The molecule has 1 fully saturated rings. The number of thioether (sulfide) groups is 1. The molecule has 132 valence electrons. The first-order valence-electron chi connectivity index (χ1n) is 9.03. The smallest absolute Gasteiger partial charge is 0.0275 e. The summed E-state index contributed by atoms with van der Waals surface area (Å²) >= 11 is 2.06. The Hall–Kier alpha value is -0.760. The predicted molar refractivity (Wildman–Crippen MR) is 113 cm³/mol. The van der Waals surface area contributed by atoms with Crippen LogP contribution in [0, 0.1) is 11.1 Å². The van der Waals surface area contributed by atoms with Crippen LogP contribution in [0.15, 0.2) is 47.7 Å². The molecule has 24 heavy (non-hydrogen) atoms. The van der Waals surface area contributed by atoms with Gasteiger partial charge in [-0.15, -0.1) is 11.8 Å². The van der Waals surface area contributed by atoms with Crippen LogP contribution >= 0.6 is 21.2 Å². The molecular weight excluding hydrogens is 330 g/mol. The lowest BCUT2D eigenvalue weighted by atomic mass is 9.94. The van der Waals surface area contributed by atoms with E-state index in [0.29, 0.717) is 5.25 Å². The van der Waals surface area contributed by atoms with Gasteiger partial charge in [-0.3, -0.25) is 0 Å². The van der Waals surface area contributed by atoms with Crippen LogP contribution < -0.4 is 5.32 Å². The first kappa shape index (κ1) is 18.0. The van der Waals surface area contributed by atoms with Gasteiger partial charge >= 0.3 is 0 Å². The molecule has 0 bridgehead atoms. The number of rotatable bonds is 6. The second kappa shape index (κ2) is 7.64. The normalized spacial score (nSPS) is 29.9. The van der Waals surface area contributed by atoms with Crippen LogP contribution in [0.5, 0.6) is 0 Å².